The first-order chi connectivity index (χ1) is 21.3. The van der Waals surface area contributed by atoms with Crippen molar-refractivity contribution in [3.63, 3.8) is 0 Å². The highest BCUT2D eigenvalue weighted by atomic mass is 16.7. The van der Waals surface area contributed by atoms with Crippen molar-refractivity contribution < 1.29 is 38.4 Å². The summed E-state index contributed by atoms with van der Waals surface area (Å²) >= 11 is 0. The fraction of sp³-hybridized carbons (Fsp3) is 0.382. The Hall–Kier alpha value is -4.25. The van der Waals surface area contributed by atoms with Crippen LogP contribution in [0.2, 0.25) is 0 Å². The highest BCUT2D eigenvalue weighted by Gasteiger charge is 2.90. The van der Waals surface area contributed by atoms with Crippen molar-refractivity contribution in [3.05, 3.63) is 90.0 Å². The van der Waals surface area contributed by atoms with E-state index in [0.717, 1.165) is 12.8 Å². The van der Waals surface area contributed by atoms with Crippen LogP contribution < -0.4 is 14.4 Å². The second-order valence-electron chi connectivity index (χ2n) is 12.2. The van der Waals surface area contributed by atoms with E-state index in [1.807, 2.05) is 11.0 Å². The van der Waals surface area contributed by atoms with Crippen LogP contribution in [0.5, 0.6) is 11.5 Å². The van der Waals surface area contributed by atoms with Gasteiger partial charge in [-0.2, -0.15) is 0 Å². The van der Waals surface area contributed by atoms with Gasteiger partial charge >= 0.3 is 5.97 Å². The smallest absolute Gasteiger partial charge is 0.317 e. The average Bonchev–Trinajstić information content (AvgIpc) is 3.74. The van der Waals surface area contributed by atoms with Gasteiger partial charge in [-0.05, 0) is 62.2 Å². The summed E-state index contributed by atoms with van der Waals surface area (Å²) in [6.45, 7) is 0.511. The van der Waals surface area contributed by atoms with Gasteiger partial charge in [0.15, 0.2) is 11.3 Å². The van der Waals surface area contributed by atoms with Gasteiger partial charge in [-0.25, -0.2) is 0 Å². The Kier molecular flexibility index (Phi) is 5.82. The number of rotatable bonds is 6. The Labute approximate surface area is 254 Å². The molecular weight excluding hydrogens is 564 g/mol. The maximum atomic E-state index is 14.8. The first kappa shape index (κ1) is 27.3. The van der Waals surface area contributed by atoms with Crippen LogP contribution >= 0.6 is 0 Å². The molecule has 0 bridgehead atoms. The van der Waals surface area contributed by atoms with Gasteiger partial charge in [0.2, 0.25) is 11.9 Å². The molecule has 4 fully saturated rings. The third-order valence-electron chi connectivity index (χ3n) is 10.5. The molecule has 4 saturated heterocycles. The number of ketones is 1. The molecule has 4 heterocycles. The molecule has 3 aromatic carbocycles. The van der Waals surface area contributed by atoms with Gasteiger partial charge in [-0.1, -0.05) is 42.5 Å². The third-order valence-corrected chi connectivity index (χ3v) is 10.5. The minimum atomic E-state index is -2.17. The molecule has 7 atom stereocenters. The number of esters is 1. The van der Waals surface area contributed by atoms with E-state index in [1.54, 1.807) is 84.8 Å². The van der Waals surface area contributed by atoms with Crippen molar-refractivity contribution >= 4 is 23.3 Å². The van der Waals surface area contributed by atoms with Crippen molar-refractivity contribution in [2.45, 2.75) is 54.9 Å². The maximum Gasteiger partial charge on any atom is 0.317 e. The second kappa shape index (κ2) is 9.37. The number of carbonyl (C=O) groups excluding carboxylic acids is 3. The predicted molar refractivity (Wildman–Crippen MR) is 156 cm³/mol. The Morgan fingerprint density at radius 2 is 1.68 bits per heavy atom. The van der Waals surface area contributed by atoms with Gasteiger partial charge in [0.25, 0.3) is 5.91 Å². The molecule has 0 radical (unpaired) electrons. The molecule has 0 unspecified atom stereocenters. The Morgan fingerprint density at radius 1 is 0.955 bits per heavy atom. The minimum absolute atomic E-state index is 0.163. The fourth-order valence-corrected chi connectivity index (χ4v) is 8.85. The molecule has 0 aromatic heterocycles. The summed E-state index contributed by atoms with van der Waals surface area (Å²) in [5, 5.41) is 12.8. The van der Waals surface area contributed by atoms with Crippen LogP contribution in [0.15, 0.2) is 78.9 Å². The number of ether oxygens (including phenoxy) is 4. The summed E-state index contributed by atoms with van der Waals surface area (Å²) in [4.78, 5) is 46.7. The molecule has 1 N–H and O–H groups in total. The normalized spacial score (nSPS) is 35.0. The minimum Gasteiger partial charge on any atom is -0.497 e. The molecular formula is C34H32N2O8. The molecule has 226 valence electrons. The SMILES string of the molecule is COC(=O)[C@@]12C[C@H]3CCCN3[C@@]13C(=O)c1ccccc1[C@@]3(O)O[C@@H]2[C@@H]1[C@@H](Oc2ccccc2)C(=O)N1c1ccc(OC)cc1. The Balaban J connectivity index is 1.34. The molecule has 5 aliphatic rings. The second-order valence-corrected chi connectivity index (χ2v) is 12.2. The molecule has 10 heteroatoms. The van der Waals surface area contributed by atoms with Crippen molar-refractivity contribution in [2.75, 3.05) is 25.7 Å². The van der Waals surface area contributed by atoms with Gasteiger partial charge in [0.05, 0.1) is 14.2 Å². The zero-order valence-corrected chi connectivity index (χ0v) is 24.3. The first-order valence-electron chi connectivity index (χ1n) is 14.9. The average molecular weight is 597 g/mol. The van der Waals surface area contributed by atoms with E-state index in [0.29, 0.717) is 34.9 Å². The first-order valence-corrected chi connectivity index (χ1v) is 14.9. The van der Waals surface area contributed by atoms with Gasteiger partial charge < -0.3 is 24.1 Å². The largest absolute Gasteiger partial charge is 0.497 e. The lowest BCUT2D eigenvalue weighted by Gasteiger charge is -2.52. The number of para-hydroxylation sites is 1. The standard InChI is InChI=1S/C34H32N2O8/c1-41-22-16-14-20(15-17-22)36-26(27(30(36)38)43-23-10-4-3-5-11-23)29-32(31(39)42-2)19-21-9-8-18-35(21)33(32)28(37)24-12-6-7-13-25(24)34(33,40)44-29/h3-7,10-17,21,26-27,29,40H,8-9,18-19H2,1-2H3/t21-,26+,27-,29-,32+,33+,34-/m1/s1. The molecule has 1 amide bonds. The zero-order chi connectivity index (χ0) is 30.4. The fourth-order valence-electron chi connectivity index (χ4n) is 8.85. The zero-order valence-electron chi connectivity index (χ0n) is 24.3. The van der Waals surface area contributed by atoms with Crippen molar-refractivity contribution in [2.24, 2.45) is 5.41 Å². The summed E-state index contributed by atoms with van der Waals surface area (Å²) in [6.07, 6.45) is -0.426. The number of aliphatic hydroxyl groups is 1. The van der Waals surface area contributed by atoms with Gasteiger partial charge in [0, 0.05) is 22.9 Å². The molecule has 44 heavy (non-hydrogen) atoms. The van der Waals surface area contributed by atoms with E-state index >= 15 is 0 Å². The van der Waals surface area contributed by atoms with E-state index in [1.165, 1.54) is 7.11 Å². The van der Waals surface area contributed by atoms with E-state index < -0.39 is 41.0 Å². The van der Waals surface area contributed by atoms with Gasteiger partial charge in [-0.3, -0.25) is 24.2 Å². The molecule has 1 spiro atoms. The van der Waals surface area contributed by atoms with Crippen LogP contribution in [0.3, 0.4) is 0 Å². The number of Topliss-reactive ketones (excluding diaryl/α,β-unsaturated/α-hetero) is 1. The molecule has 4 aliphatic heterocycles. The lowest BCUT2D eigenvalue weighted by atomic mass is 9.61. The number of anilines is 1. The number of nitrogens with zero attached hydrogens (tertiary/aromatic N) is 2. The van der Waals surface area contributed by atoms with E-state index in [-0.39, 0.29) is 24.2 Å². The highest BCUT2D eigenvalue weighted by Crippen LogP contribution is 2.72. The van der Waals surface area contributed by atoms with Crippen LogP contribution in [0.1, 0.15) is 35.2 Å². The summed E-state index contributed by atoms with van der Waals surface area (Å²) in [5.41, 5.74) is -2.24. The molecule has 1 aliphatic carbocycles. The van der Waals surface area contributed by atoms with Crippen LogP contribution in [-0.4, -0.2) is 78.3 Å². The topological polar surface area (TPSA) is 115 Å². The number of hydrogen-bond acceptors (Lipinski definition) is 9. The molecule has 3 aromatic rings. The number of carbonyl (C=O) groups is 3. The number of amides is 1. The van der Waals surface area contributed by atoms with Crippen molar-refractivity contribution in [1.82, 2.24) is 4.90 Å². The summed E-state index contributed by atoms with van der Waals surface area (Å²) in [6, 6.07) is 21.7. The van der Waals surface area contributed by atoms with Crippen LogP contribution in [0, 0.1) is 5.41 Å². The molecule has 10 nitrogen and oxygen atoms in total. The van der Waals surface area contributed by atoms with Gasteiger partial charge in [0.1, 0.15) is 29.1 Å². The van der Waals surface area contributed by atoms with Crippen molar-refractivity contribution in [3.8, 4) is 11.5 Å². The van der Waals surface area contributed by atoms with Crippen LogP contribution in [-0.2, 0) is 24.8 Å². The monoisotopic (exact) mass is 596 g/mol. The number of β-lactam (4-membered cyclic amide) rings is 1. The number of fused-ring (bicyclic) bond motifs is 3. The molecule has 8 rings (SSSR count). The number of methoxy groups -OCH3 is 2. The quantitative estimate of drug-likeness (QED) is 0.339. The maximum absolute atomic E-state index is 14.8. The van der Waals surface area contributed by atoms with Crippen molar-refractivity contribution in [1.29, 1.82) is 0 Å². The summed E-state index contributed by atoms with van der Waals surface area (Å²) in [5.74, 6) is -2.44. The lowest BCUT2D eigenvalue weighted by Crippen LogP contribution is -2.75. The molecule has 0 saturated carbocycles. The number of benzene rings is 3. The Morgan fingerprint density at radius 3 is 2.41 bits per heavy atom. The number of hydrogen-bond donors (Lipinski definition) is 1. The highest BCUT2D eigenvalue weighted by molar-refractivity contribution is 6.14. The summed E-state index contributed by atoms with van der Waals surface area (Å²) < 4.78 is 23.9. The lowest BCUT2D eigenvalue weighted by molar-refractivity contribution is -0.243. The van der Waals surface area contributed by atoms with E-state index in [2.05, 4.69) is 0 Å². The van der Waals surface area contributed by atoms with E-state index in [9.17, 15) is 19.5 Å². The van der Waals surface area contributed by atoms with Crippen LogP contribution in [0.4, 0.5) is 5.69 Å². The van der Waals surface area contributed by atoms with E-state index in [4.69, 9.17) is 18.9 Å². The summed E-state index contributed by atoms with van der Waals surface area (Å²) in [7, 11) is 2.85. The Bertz CT molecular complexity index is 1680. The van der Waals surface area contributed by atoms with Crippen LogP contribution in [0.25, 0.3) is 0 Å². The predicted octanol–water partition coefficient (Wildman–Crippen LogP) is 3.06. The van der Waals surface area contributed by atoms with Gasteiger partial charge in [-0.15, -0.1) is 0 Å². The third kappa shape index (κ3) is 3.08.